The summed E-state index contributed by atoms with van der Waals surface area (Å²) in [7, 11) is 2.19. The first-order chi connectivity index (χ1) is 12.1. The fourth-order valence-electron chi connectivity index (χ4n) is 4.81. The van der Waals surface area contributed by atoms with Crippen molar-refractivity contribution in [1.29, 1.82) is 0 Å². The van der Waals surface area contributed by atoms with Crippen molar-refractivity contribution < 1.29 is 9.53 Å². The summed E-state index contributed by atoms with van der Waals surface area (Å²) >= 11 is 1.63. The van der Waals surface area contributed by atoms with E-state index in [9.17, 15) is 4.79 Å². The fraction of sp³-hybridized carbons (Fsp3) is 0.556. The molecule has 7 heteroatoms. The van der Waals surface area contributed by atoms with Gasteiger partial charge in [-0.15, -0.1) is 0 Å². The van der Waals surface area contributed by atoms with Gasteiger partial charge in [0.05, 0.1) is 28.9 Å². The van der Waals surface area contributed by atoms with Crippen molar-refractivity contribution in [2.75, 3.05) is 25.1 Å². The molecule has 2 saturated heterocycles. The molecular formula is C18H20N4O2S. The average Bonchev–Trinajstić information content (AvgIpc) is 2.94. The minimum atomic E-state index is 0.00746. The molecule has 1 aliphatic carbocycles. The van der Waals surface area contributed by atoms with E-state index in [1.54, 1.807) is 11.3 Å². The minimum Gasteiger partial charge on any atom is -0.493 e. The first kappa shape index (κ1) is 14.3. The highest BCUT2D eigenvalue weighted by Gasteiger charge is 2.57. The monoisotopic (exact) mass is 356 g/mol. The van der Waals surface area contributed by atoms with Crippen LogP contribution in [0.3, 0.4) is 0 Å². The van der Waals surface area contributed by atoms with Gasteiger partial charge in [0.25, 0.3) is 0 Å². The lowest BCUT2D eigenvalue weighted by molar-refractivity contribution is 0.135. The number of hydrogen-bond acceptors (Lipinski definition) is 5. The summed E-state index contributed by atoms with van der Waals surface area (Å²) < 4.78 is 6.80. The summed E-state index contributed by atoms with van der Waals surface area (Å²) in [6.07, 6.45) is 4.45. The zero-order chi connectivity index (χ0) is 16.8. The highest BCUT2D eigenvalue weighted by Crippen LogP contribution is 2.50. The molecule has 2 amide bonds. The molecule has 3 aliphatic heterocycles. The number of aromatic nitrogens is 1. The van der Waals surface area contributed by atoms with Gasteiger partial charge in [-0.2, -0.15) is 0 Å². The van der Waals surface area contributed by atoms with E-state index in [2.05, 4.69) is 23.3 Å². The second-order valence-electron chi connectivity index (χ2n) is 7.79. The maximum absolute atomic E-state index is 12.7. The van der Waals surface area contributed by atoms with E-state index in [1.807, 2.05) is 11.0 Å². The largest absolute Gasteiger partial charge is 0.493 e. The third-order valence-corrected chi connectivity index (χ3v) is 7.47. The van der Waals surface area contributed by atoms with Crippen LogP contribution >= 0.6 is 11.3 Å². The van der Waals surface area contributed by atoms with Crippen LogP contribution in [-0.2, 0) is 6.42 Å². The summed E-state index contributed by atoms with van der Waals surface area (Å²) in [6, 6.07) is 4.53. The second-order valence-corrected chi connectivity index (χ2v) is 8.80. The minimum absolute atomic E-state index is 0.00746. The molecular weight excluding hydrogens is 336 g/mol. The lowest BCUT2D eigenvalue weighted by Gasteiger charge is -2.41. The van der Waals surface area contributed by atoms with Crippen LogP contribution in [0.2, 0.25) is 0 Å². The summed E-state index contributed by atoms with van der Waals surface area (Å²) in [5.74, 6) is 0.948. The summed E-state index contributed by atoms with van der Waals surface area (Å²) in [5, 5.41) is 4.02. The number of nitrogens with zero attached hydrogens (tertiary/aromatic N) is 3. The van der Waals surface area contributed by atoms with Crippen LogP contribution in [-0.4, -0.2) is 53.7 Å². The van der Waals surface area contributed by atoms with Crippen LogP contribution in [0.15, 0.2) is 12.1 Å². The topological polar surface area (TPSA) is 57.7 Å². The third-order valence-electron chi connectivity index (χ3n) is 6.45. The molecule has 0 bridgehead atoms. The van der Waals surface area contributed by atoms with Gasteiger partial charge in [-0.3, -0.25) is 9.80 Å². The number of hydrogen-bond donors (Lipinski definition) is 1. The van der Waals surface area contributed by atoms with Gasteiger partial charge in [0.1, 0.15) is 5.75 Å². The van der Waals surface area contributed by atoms with Gasteiger partial charge in [-0.1, -0.05) is 11.3 Å². The Balaban J connectivity index is 1.42. The maximum Gasteiger partial charge on any atom is 0.324 e. The van der Waals surface area contributed by atoms with Gasteiger partial charge in [0.15, 0.2) is 5.13 Å². The number of carbonyl (C=O) groups is 1. The van der Waals surface area contributed by atoms with E-state index in [0.29, 0.717) is 5.54 Å². The number of nitrogens with one attached hydrogen (secondary N) is 1. The molecule has 1 saturated carbocycles. The Kier molecular flexibility index (Phi) is 2.66. The number of amides is 2. The number of likely N-dealkylation sites (N-methyl/N-ethyl adjacent to an activating group) is 1. The van der Waals surface area contributed by atoms with E-state index in [4.69, 9.17) is 9.72 Å². The molecule has 0 radical (unpaired) electrons. The number of rotatable bonds is 1. The molecule has 1 aromatic heterocycles. The van der Waals surface area contributed by atoms with Gasteiger partial charge in [0.2, 0.25) is 0 Å². The van der Waals surface area contributed by atoms with Gasteiger partial charge in [0, 0.05) is 24.1 Å². The zero-order valence-corrected chi connectivity index (χ0v) is 14.9. The molecule has 130 valence electrons. The first-order valence-electron chi connectivity index (χ1n) is 9.01. The maximum atomic E-state index is 12.7. The number of carbonyl (C=O) groups excluding carboxylic acids is 1. The van der Waals surface area contributed by atoms with Crippen molar-refractivity contribution >= 4 is 32.7 Å². The van der Waals surface area contributed by atoms with Crippen molar-refractivity contribution in [2.24, 2.45) is 0 Å². The molecule has 1 spiro atoms. The summed E-state index contributed by atoms with van der Waals surface area (Å²) in [5.41, 5.74) is 2.52. The van der Waals surface area contributed by atoms with Crippen LogP contribution < -0.4 is 15.0 Å². The molecule has 6 rings (SSSR count). The second kappa shape index (κ2) is 4.65. The highest BCUT2D eigenvalue weighted by molar-refractivity contribution is 7.22. The van der Waals surface area contributed by atoms with Gasteiger partial charge >= 0.3 is 6.03 Å². The van der Waals surface area contributed by atoms with Crippen LogP contribution in [0, 0.1) is 0 Å². The molecule has 4 heterocycles. The third kappa shape index (κ3) is 1.88. The molecule has 2 atom stereocenters. The smallest absolute Gasteiger partial charge is 0.324 e. The molecule has 25 heavy (non-hydrogen) atoms. The lowest BCUT2D eigenvalue weighted by atomic mass is 9.92. The Bertz CT molecular complexity index is 906. The van der Waals surface area contributed by atoms with E-state index in [0.717, 1.165) is 47.1 Å². The number of piperidine rings is 1. The van der Waals surface area contributed by atoms with Crippen molar-refractivity contribution in [3.05, 3.63) is 17.7 Å². The molecule has 1 N–H and O–H groups in total. The zero-order valence-electron chi connectivity index (χ0n) is 14.1. The number of anilines is 1. The average molecular weight is 356 g/mol. The molecule has 0 unspecified atom stereocenters. The van der Waals surface area contributed by atoms with E-state index in [-0.39, 0.29) is 18.1 Å². The molecule has 1 aromatic carbocycles. The van der Waals surface area contributed by atoms with Crippen molar-refractivity contribution in [2.45, 2.75) is 43.3 Å². The number of benzene rings is 1. The lowest BCUT2D eigenvalue weighted by Crippen LogP contribution is -2.55. The van der Waals surface area contributed by atoms with Crippen molar-refractivity contribution in [3.8, 4) is 5.75 Å². The number of urea groups is 1. The van der Waals surface area contributed by atoms with E-state index in [1.165, 1.54) is 18.4 Å². The van der Waals surface area contributed by atoms with Gasteiger partial charge < -0.3 is 10.1 Å². The number of ether oxygens (including phenoxy) is 1. The predicted molar refractivity (Wildman–Crippen MR) is 96.6 cm³/mol. The SMILES string of the molecule is CN1C[C@@H]2NC(=O)N(c3nc4c5c(ccc4s3)OCC5)[C@@H]2CC12CC2. The summed E-state index contributed by atoms with van der Waals surface area (Å²) in [4.78, 5) is 22.0. The normalized spacial score (nSPS) is 29.6. The molecule has 3 fully saturated rings. The van der Waals surface area contributed by atoms with Crippen LogP contribution in [0.5, 0.6) is 5.75 Å². The number of likely N-dealkylation sites (tertiary alicyclic amines) is 1. The summed E-state index contributed by atoms with van der Waals surface area (Å²) in [6.45, 7) is 1.66. The Morgan fingerprint density at radius 1 is 1.40 bits per heavy atom. The standard InChI is InChI=1S/C18H20N4O2S/c1-21-9-11-12(8-18(21)5-6-18)22(16(23)19-11)17-20-15-10-4-7-24-13(10)2-3-14(15)25-17/h2-3,11-12H,4-9H2,1H3,(H,19,23)/t11-,12+/m0/s1. The van der Waals surface area contributed by atoms with Crippen molar-refractivity contribution in [3.63, 3.8) is 0 Å². The van der Waals surface area contributed by atoms with Gasteiger partial charge in [-0.05, 0) is 38.4 Å². The first-order valence-corrected chi connectivity index (χ1v) is 9.82. The Morgan fingerprint density at radius 2 is 2.28 bits per heavy atom. The Morgan fingerprint density at radius 3 is 3.12 bits per heavy atom. The molecule has 2 aromatic rings. The van der Waals surface area contributed by atoms with Gasteiger partial charge in [-0.25, -0.2) is 9.78 Å². The molecule has 6 nitrogen and oxygen atoms in total. The molecule has 4 aliphatic rings. The van der Waals surface area contributed by atoms with Crippen LogP contribution in [0.4, 0.5) is 9.93 Å². The highest BCUT2D eigenvalue weighted by atomic mass is 32.1. The Hall–Kier alpha value is -1.86. The fourth-order valence-corrected chi connectivity index (χ4v) is 5.86. The van der Waals surface area contributed by atoms with Crippen molar-refractivity contribution in [1.82, 2.24) is 15.2 Å². The van der Waals surface area contributed by atoms with E-state index >= 15 is 0 Å². The van der Waals surface area contributed by atoms with Crippen LogP contribution in [0.25, 0.3) is 10.2 Å². The predicted octanol–water partition coefficient (Wildman–Crippen LogP) is 2.37. The van der Waals surface area contributed by atoms with E-state index < -0.39 is 0 Å². The van der Waals surface area contributed by atoms with Crippen LogP contribution in [0.1, 0.15) is 24.8 Å². The Labute approximate surface area is 149 Å². The number of thiazole rings is 1. The number of fused-ring (bicyclic) bond motifs is 4. The quantitative estimate of drug-likeness (QED) is 0.852.